The van der Waals surface area contributed by atoms with Crippen molar-refractivity contribution in [2.45, 2.75) is 71.2 Å². The summed E-state index contributed by atoms with van der Waals surface area (Å²) in [5, 5.41) is 0. The summed E-state index contributed by atoms with van der Waals surface area (Å²) in [6.45, 7) is 5.03. The van der Waals surface area contributed by atoms with Gasteiger partial charge in [0.25, 0.3) is 0 Å². The first-order valence-corrected chi connectivity index (χ1v) is 11.0. The summed E-state index contributed by atoms with van der Waals surface area (Å²) in [7, 11) is 0. The molecule has 5 heteroatoms. The molecule has 0 aromatic heterocycles. The van der Waals surface area contributed by atoms with Crippen molar-refractivity contribution < 1.29 is 23.0 Å². The van der Waals surface area contributed by atoms with Crippen LogP contribution >= 0.6 is 0 Å². The zero-order valence-electron chi connectivity index (χ0n) is 18.0. The van der Waals surface area contributed by atoms with E-state index in [1.807, 2.05) is 6.92 Å². The van der Waals surface area contributed by atoms with Crippen molar-refractivity contribution in [2.24, 2.45) is 0 Å². The number of halogens is 2. The molecule has 0 saturated carbocycles. The van der Waals surface area contributed by atoms with Crippen LogP contribution in [0, 0.1) is 11.6 Å². The van der Waals surface area contributed by atoms with Crippen LogP contribution in [-0.4, -0.2) is 19.3 Å². The molecule has 2 unspecified atom stereocenters. The van der Waals surface area contributed by atoms with Crippen LogP contribution in [0.15, 0.2) is 36.4 Å². The lowest BCUT2D eigenvalue weighted by Crippen LogP contribution is -2.27. The number of hydrogen-bond acceptors (Lipinski definition) is 3. The van der Waals surface area contributed by atoms with Gasteiger partial charge in [-0.25, -0.2) is 4.39 Å². The zero-order valence-corrected chi connectivity index (χ0v) is 18.0. The number of aryl methyl sites for hydroxylation is 1. The van der Waals surface area contributed by atoms with Crippen LogP contribution in [-0.2, 0) is 22.5 Å². The smallest absolute Gasteiger partial charge is 0.200 e. The van der Waals surface area contributed by atoms with Crippen LogP contribution < -0.4 is 4.74 Å². The van der Waals surface area contributed by atoms with Crippen LogP contribution in [0.25, 0.3) is 0 Å². The minimum Gasteiger partial charge on any atom is -0.490 e. The van der Waals surface area contributed by atoms with Crippen molar-refractivity contribution in [3.8, 4) is 5.75 Å². The SMILES string of the molecule is CCCCOc1ccc(COC2CCC(c3ccc(CCC)cc3)OC2)c(F)c1F. The molecule has 0 aliphatic carbocycles. The van der Waals surface area contributed by atoms with Crippen LogP contribution in [0.3, 0.4) is 0 Å². The topological polar surface area (TPSA) is 27.7 Å². The van der Waals surface area contributed by atoms with E-state index in [1.54, 1.807) is 0 Å². The van der Waals surface area contributed by atoms with Crippen LogP contribution in [0.1, 0.15) is 68.7 Å². The Balaban J connectivity index is 1.48. The second-order valence-corrected chi connectivity index (χ2v) is 7.88. The molecule has 164 valence electrons. The molecule has 2 aromatic rings. The summed E-state index contributed by atoms with van der Waals surface area (Å²) in [6.07, 6.45) is 5.57. The van der Waals surface area contributed by atoms with Gasteiger partial charge in [-0.15, -0.1) is 0 Å². The fraction of sp³-hybridized carbons (Fsp3) is 0.520. The molecule has 0 N–H and O–H groups in total. The summed E-state index contributed by atoms with van der Waals surface area (Å²) >= 11 is 0. The Kier molecular flexibility index (Phi) is 8.64. The molecule has 1 aliphatic rings. The van der Waals surface area contributed by atoms with Gasteiger partial charge in [0.2, 0.25) is 5.82 Å². The maximum absolute atomic E-state index is 14.3. The summed E-state index contributed by atoms with van der Waals surface area (Å²) < 4.78 is 45.6. The lowest BCUT2D eigenvalue weighted by atomic mass is 9.98. The standard InChI is InChI=1S/C25H32F2O3/c1-3-5-15-28-23-13-11-20(24(26)25(23)27)16-29-21-12-14-22(30-17-21)19-9-7-18(6-4-2)8-10-19/h7-11,13,21-22H,3-6,12,14-17H2,1-2H3. The average Bonchev–Trinajstić information content (AvgIpc) is 2.77. The number of ether oxygens (including phenoxy) is 3. The highest BCUT2D eigenvalue weighted by Crippen LogP contribution is 2.30. The van der Waals surface area contributed by atoms with Gasteiger partial charge in [0.15, 0.2) is 11.6 Å². The normalized spacial score (nSPS) is 19.1. The largest absolute Gasteiger partial charge is 0.490 e. The number of rotatable bonds is 10. The molecular weight excluding hydrogens is 386 g/mol. The molecule has 2 atom stereocenters. The average molecular weight is 419 g/mol. The molecule has 0 bridgehead atoms. The Morgan fingerprint density at radius 2 is 1.77 bits per heavy atom. The van der Waals surface area contributed by atoms with Crippen molar-refractivity contribution in [3.63, 3.8) is 0 Å². The van der Waals surface area contributed by atoms with E-state index in [0.717, 1.165) is 38.5 Å². The van der Waals surface area contributed by atoms with Crippen LogP contribution in [0.2, 0.25) is 0 Å². The van der Waals surface area contributed by atoms with Gasteiger partial charge in [-0.2, -0.15) is 4.39 Å². The molecule has 0 radical (unpaired) electrons. The van der Waals surface area contributed by atoms with E-state index in [4.69, 9.17) is 14.2 Å². The third-order valence-electron chi connectivity index (χ3n) is 5.48. The zero-order chi connectivity index (χ0) is 21.3. The van der Waals surface area contributed by atoms with Gasteiger partial charge in [-0.1, -0.05) is 51.0 Å². The Labute approximate surface area is 178 Å². The second-order valence-electron chi connectivity index (χ2n) is 7.88. The van der Waals surface area contributed by atoms with Crippen molar-refractivity contribution in [1.82, 2.24) is 0 Å². The van der Waals surface area contributed by atoms with Gasteiger partial charge < -0.3 is 14.2 Å². The molecule has 3 rings (SSSR count). The molecule has 3 nitrogen and oxygen atoms in total. The van der Waals surface area contributed by atoms with Crippen LogP contribution in [0.4, 0.5) is 8.78 Å². The molecule has 0 spiro atoms. The molecule has 30 heavy (non-hydrogen) atoms. The lowest BCUT2D eigenvalue weighted by Gasteiger charge is -2.29. The quantitative estimate of drug-likeness (QED) is 0.410. The first kappa shape index (κ1) is 22.7. The molecule has 1 heterocycles. The van der Waals surface area contributed by atoms with E-state index < -0.39 is 11.6 Å². The molecule has 1 saturated heterocycles. The first-order valence-electron chi connectivity index (χ1n) is 11.0. The van der Waals surface area contributed by atoms with E-state index in [0.29, 0.717) is 13.2 Å². The second kappa shape index (κ2) is 11.4. The van der Waals surface area contributed by atoms with E-state index in [9.17, 15) is 8.78 Å². The first-order chi connectivity index (χ1) is 14.6. The van der Waals surface area contributed by atoms with Crippen molar-refractivity contribution in [1.29, 1.82) is 0 Å². The molecule has 1 fully saturated rings. The highest BCUT2D eigenvalue weighted by Gasteiger charge is 2.24. The van der Waals surface area contributed by atoms with E-state index in [-0.39, 0.29) is 30.1 Å². The van der Waals surface area contributed by atoms with Gasteiger partial charge >= 0.3 is 0 Å². The molecule has 0 amide bonds. The van der Waals surface area contributed by atoms with Crippen molar-refractivity contribution in [3.05, 3.63) is 64.7 Å². The van der Waals surface area contributed by atoms with E-state index in [1.165, 1.54) is 23.3 Å². The maximum Gasteiger partial charge on any atom is 0.200 e. The van der Waals surface area contributed by atoms with E-state index in [2.05, 4.69) is 31.2 Å². The summed E-state index contributed by atoms with van der Waals surface area (Å²) in [4.78, 5) is 0. The summed E-state index contributed by atoms with van der Waals surface area (Å²) in [5.74, 6) is -1.89. The Hall–Kier alpha value is -1.98. The Bertz CT molecular complexity index is 784. The monoisotopic (exact) mass is 418 g/mol. The van der Waals surface area contributed by atoms with Crippen molar-refractivity contribution in [2.75, 3.05) is 13.2 Å². The van der Waals surface area contributed by atoms with Gasteiger partial charge in [-0.3, -0.25) is 0 Å². The van der Waals surface area contributed by atoms with Gasteiger partial charge in [-0.05, 0) is 48.9 Å². The minimum atomic E-state index is -0.946. The van der Waals surface area contributed by atoms with Crippen molar-refractivity contribution >= 4 is 0 Å². The molecular formula is C25H32F2O3. The van der Waals surface area contributed by atoms with Crippen LogP contribution in [0.5, 0.6) is 5.75 Å². The minimum absolute atomic E-state index is 0.0163. The third-order valence-corrected chi connectivity index (χ3v) is 5.48. The Morgan fingerprint density at radius 1 is 0.967 bits per heavy atom. The predicted molar refractivity (Wildman–Crippen MR) is 114 cm³/mol. The summed E-state index contributed by atoms with van der Waals surface area (Å²) in [5.41, 5.74) is 2.72. The third kappa shape index (κ3) is 6.02. The van der Waals surface area contributed by atoms with Gasteiger partial charge in [0.05, 0.1) is 32.0 Å². The summed E-state index contributed by atoms with van der Waals surface area (Å²) in [6, 6.07) is 11.6. The van der Waals surface area contributed by atoms with Gasteiger partial charge in [0.1, 0.15) is 0 Å². The fourth-order valence-corrected chi connectivity index (χ4v) is 3.64. The fourth-order valence-electron chi connectivity index (χ4n) is 3.64. The number of hydrogen-bond donors (Lipinski definition) is 0. The highest BCUT2D eigenvalue weighted by atomic mass is 19.2. The maximum atomic E-state index is 14.3. The van der Waals surface area contributed by atoms with Gasteiger partial charge in [0, 0.05) is 5.56 Å². The highest BCUT2D eigenvalue weighted by molar-refractivity contribution is 5.31. The molecule has 2 aromatic carbocycles. The number of unbranched alkanes of at least 4 members (excludes halogenated alkanes) is 1. The Morgan fingerprint density at radius 3 is 2.43 bits per heavy atom. The molecule has 1 aliphatic heterocycles. The number of benzene rings is 2. The lowest BCUT2D eigenvalue weighted by molar-refractivity contribution is -0.0925. The predicted octanol–water partition coefficient (Wildman–Crippen LogP) is 6.53. The van der Waals surface area contributed by atoms with E-state index >= 15 is 0 Å².